The molecule has 1 aromatic heterocycles. The molecule has 0 radical (unpaired) electrons. The SMILES string of the molecule is CCCn1ncnc1CC1(O)CCCC(CC(C)C)C1. The minimum atomic E-state index is -0.573. The molecule has 1 aromatic rings. The van der Waals surface area contributed by atoms with E-state index in [4.69, 9.17) is 0 Å². The predicted molar refractivity (Wildman–Crippen MR) is 80.4 cm³/mol. The van der Waals surface area contributed by atoms with E-state index < -0.39 is 5.60 Å². The molecule has 2 unspecified atom stereocenters. The van der Waals surface area contributed by atoms with Crippen LogP contribution >= 0.6 is 0 Å². The smallest absolute Gasteiger partial charge is 0.138 e. The molecule has 1 aliphatic rings. The summed E-state index contributed by atoms with van der Waals surface area (Å²) in [5.41, 5.74) is -0.573. The van der Waals surface area contributed by atoms with Crippen LogP contribution in [0, 0.1) is 11.8 Å². The van der Waals surface area contributed by atoms with Crippen molar-refractivity contribution >= 4 is 0 Å². The molecule has 4 nitrogen and oxygen atoms in total. The van der Waals surface area contributed by atoms with Crippen LogP contribution in [-0.2, 0) is 13.0 Å². The molecule has 0 aromatic carbocycles. The van der Waals surface area contributed by atoms with Crippen molar-refractivity contribution in [2.24, 2.45) is 11.8 Å². The lowest BCUT2D eigenvalue weighted by molar-refractivity contribution is -0.0212. The molecule has 0 aliphatic heterocycles. The van der Waals surface area contributed by atoms with Gasteiger partial charge in [0.15, 0.2) is 0 Å². The third-order valence-corrected chi connectivity index (χ3v) is 4.35. The van der Waals surface area contributed by atoms with Crippen molar-refractivity contribution in [3.8, 4) is 0 Å². The van der Waals surface area contributed by atoms with Gasteiger partial charge in [-0.1, -0.05) is 33.6 Å². The average Bonchev–Trinajstić information content (AvgIpc) is 2.75. The van der Waals surface area contributed by atoms with Crippen LogP contribution in [0.25, 0.3) is 0 Å². The van der Waals surface area contributed by atoms with Crippen molar-refractivity contribution < 1.29 is 5.11 Å². The Morgan fingerprint density at radius 2 is 2.30 bits per heavy atom. The monoisotopic (exact) mass is 279 g/mol. The first-order valence-corrected chi connectivity index (χ1v) is 8.11. The number of hydrogen-bond acceptors (Lipinski definition) is 3. The summed E-state index contributed by atoms with van der Waals surface area (Å²) in [6, 6.07) is 0. The molecule has 0 amide bonds. The highest BCUT2D eigenvalue weighted by molar-refractivity contribution is 4.97. The fourth-order valence-corrected chi connectivity index (χ4v) is 3.61. The number of aliphatic hydroxyl groups is 1. The topological polar surface area (TPSA) is 50.9 Å². The first kappa shape index (κ1) is 15.5. The Balaban J connectivity index is 2.00. The molecule has 1 heterocycles. The van der Waals surface area contributed by atoms with Gasteiger partial charge in [-0.2, -0.15) is 5.10 Å². The van der Waals surface area contributed by atoms with E-state index in [1.54, 1.807) is 6.33 Å². The van der Waals surface area contributed by atoms with Crippen molar-refractivity contribution in [3.05, 3.63) is 12.2 Å². The minimum Gasteiger partial charge on any atom is -0.389 e. The lowest BCUT2D eigenvalue weighted by atomic mass is 9.73. The average molecular weight is 279 g/mol. The van der Waals surface area contributed by atoms with E-state index in [2.05, 4.69) is 30.9 Å². The van der Waals surface area contributed by atoms with Gasteiger partial charge in [-0.15, -0.1) is 0 Å². The van der Waals surface area contributed by atoms with Gasteiger partial charge in [-0.3, -0.25) is 4.68 Å². The van der Waals surface area contributed by atoms with E-state index in [-0.39, 0.29) is 0 Å². The van der Waals surface area contributed by atoms with Gasteiger partial charge in [0.2, 0.25) is 0 Å². The molecule has 0 saturated heterocycles. The van der Waals surface area contributed by atoms with Crippen LogP contribution in [-0.4, -0.2) is 25.5 Å². The van der Waals surface area contributed by atoms with Crippen molar-refractivity contribution in [2.45, 2.75) is 77.9 Å². The fourth-order valence-electron chi connectivity index (χ4n) is 3.61. The molecule has 2 atom stereocenters. The summed E-state index contributed by atoms with van der Waals surface area (Å²) in [6.45, 7) is 7.57. The third kappa shape index (κ3) is 4.05. The molecule has 0 bridgehead atoms. The van der Waals surface area contributed by atoms with Gasteiger partial charge in [0.05, 0.1) is 5.60 Å². The van der Waals surface area contributed by atoms with Gasteiger partial charge in [-0.25, -0.2) is 4.98 Å². The van der Waals surface area contributed by atoms with E-state index in [1.807, 2.05) is 4.68 Å². The second-order valence-electron chi connectivity index (χ2n) is 6.89. The Labute approximate surface area is 122 Å². The van der Waals surface area contributed by atoms with Crippen molar-refractivity contribution in [1.82, 2.24) is 14.8 Å². The number of nitrogens with zero attached hydrogens (tertiary/aromatic N) is 3. The summed E-state index contributed by atoms with van der Waals surface area (Å²) in [4.78, 5) is 4.35. The summed E-state index contributed by atoms with van der Waals surface area (Å²) >= 11 is 0. The van der Waals surface area contributed by atoms with Crippen LogP contribution in [0.5, 0.6) is 0 Å². The Hall–Kier alpha value is -0.900. The quantitative estimate of drug-likeness (QED) is 0.870. The molecule has 4 heteroatoms. The molecular weight excluding hydrogens is 250 g/mol. The Kier molecular flexibility index (Phi) is 5.19. The summed E-state index contributed by atoms with van der Waals surface area (Å²) < 4.78 is 1.95. The van der Waals surface area contributed by atoms with Gasteiger partial charge in [0, 0.05) is 13.0 Å². The highest BCUT2D eigenvalue weighted by Gasteiger charge is 2.35. The minimum absolute atomic E-state index is 0.573. The van der Waals surface area contributed by atoms with E-state index in [1.165, 1.54) is 12.8 Å². The van der Waals surface area contributed by atoms with E-state index in [0.29, 0.717) is 18.3 Å². The predicted octanol–water partition coefficient (Wildman–Crippen LogP) is 3.20. The van der Waals surface area contributed by atoms with Crippen LogP contribution < -0.4 is 0 Å². The second kappa shape index (κ2) is 6.70. The maximum absolute atomic E-state index is 10.9. The van der Waals surface area contributed by atoms with Gasteiger partial charge in [-0.05, 0) is 37.5 Å². The molecule has 114 valence electrons. The van der Waals surface area contributed by atoms with Crippen LogP contribution in [0.1, 0.15) is 65.1 Å². The fraction of sp³-hybridized carbons (Fsp3) is 0.875. The van der Waals surface area contributed by atoms with E-state index in [0.717, 1.165) is 38.1 Å². The largest absolute Gasteiger partial charge is 0.389 e. The van der Waals surface area contributed by atoms with Gasteiger partial charge >= 0.3 is 0 Å². The second-order valence-corrected chi connectivity index (χ2v) is 6.89. The first-order chi connectivity index (χ1) is 9.52. The zero-order chi connectivity index (χ0) is 14.6. The number of rotatable bonds is 6. The lowest BCUT2D eigenvalue weighted by Crippen LogP contribution is -2.38. The standard InChI is InChI=1S/C16H29N3O/c1-4-8-19-15(17-12-18-19)11-16(20)7-5-6-14(10-16)9-13(2)3/h12-14,20H,4-11H2,1-3H3. The van der Waals surface area contributed by atoms with Gasteiger partial charge in [0.25, 0.3) is 0 Å². The van der Waals surface area contributed by atoms with Crippen molar-refractivity contribution in [1.29, 1.82) is 0 Å². The maximum atomic E-state index is 10.9. The summed E-state index contributed by atoms with van der Waals surface area (Å²) in [5, 5.41) is 15.2. The summed E-state index contributed by atoms with van der Waals surface area (Å²) in [7, 11) is 0. The highest BCUT2D eigenvalue weighted by atomic mass is 16.3. The van der Waals surface area contributed by atoms with Gasteiger partial charge < -0.3 is 5.11 Å². The normalized spacial score (nSPS) is 27.1. The van der Waals surface area contributed by atoms with Gasteiger partial charge in [0.1, 0.15) is 12.2 Å². The molecule has 1 fully saturated rings. The molecule has 1 N–H and O–H groups in total. The zero-order valence-corrected chi connectivity index (χ0v) is 13.2. The maximum Gasteiger partial charge on any atom is 0.138 e. The van der Waals surface area contributed by atoms with Crippen LogP contribution in [0.2, 0.25) is 0 Å². The van der Waals surface area contributed by atoms with E-state index >= 15 is 0 Å². The van der Waals surface area contributed by atoms with Crippen LogP contribution in [0.3, 0.4) is 0 Å². The van der Waals surface area contributed by atoms with Crippen molar-refractivity contribution in [2.75, 3.05) is 0 Å². The summed E-state index contributed by atoms with van der Waals surface area (Å²) in [6.07, 6.45) is 8.77. The molecule has 1 saturated carbocycles. The summed E-state index contributed by atoms with van der Waals surface area (Å²) in [5.74, 6) is 2.32. The third-order valence-electron chi connectivity index (χ3n) is 4.35. The Bertz CT molecular complexity index is 416. The van der Waals surface area contributed by atoms with Crippen molar-refractivity contribution in [3.63, 3.8) is 0 Å². The molecule has 0 spiro atoms. The van der Waals surface area contributed by atoms with Crippen LogP contribution in [0.4, 0.5) is 0 Å². The van der Waals surface area contributed by atoms with Crippen LogP contribution in [0.15, 0.2) is 6.33 Å². The molecular formula is C16H29N3O. The highest BCUT2D eigenvalue weighted by Crippen LogP contribution is 2.37. The van der Waals surface area contributed by atoms with E-state index in [9.17, 15) is 5.11 Å². The number of hydrogen-bond donors (Lipinski definition) is 1. The Morgan fingerprint density at radius 1 is 1.50 bits per heavy atom. The number of aryl methyl sites for hydroxylation is 1. The first-order valence-electron chi connectivity index (χ1n) is 8.11. The molecule has 1 aliphatic carbocycles. The zero-order valence-electron chi connectivity index (χ0n) is 13.2. The number of aromatic nitrogens is 3. The molecule has 20 heavy (non-hydrogen) atoms. The molecule has 2 rings (SSSR count). The Morgan fingerprint density at radius 3 is 3.00 bits per heavy atom. The lowest BCUT2D eigenvalue weighted by Gasteiger charge is -2.37.